The summed E-state index contributed by atoms with van der Waals surface area (Å²) in [5.41, 5.74) is -0.591. The van der Waals surface area contributed by atoms with E-state index in [2.05, 4.69) is 9.91 Å². The van der Waals surface area contributed by atoms with Crippen molar-refractivity contribution >= 4 is 11.9 Å². The van der Waals surface area contributed by atoms with Crippen LogP contribution < -0.4 is 0 Å². The van der Waals surface area contributed by atoms with Crippen molar-refractivity contribution in [2.24, 2.45) is 5.18 Å². The van der Waals surface area contributed by atoms with Crippen molar-refractivity contribution in [3.63, 3.8) is 0 Å². The molecule has 0 bridgehead atoms. The Kier molecular flexibility index (Phi) is 4.56. The number of ether oxygens (including phenoxy) is 1. The zero-order valence-corrected chi connectivity index (χ0v) is 7.55. The van der Waals surface area contributed by atoms with E-state index in [0.717, 1.165) is 12.5 Å². The normalized spacial score (nSPS) is 9.93. The van der Waals surface area contributed by atoms with Crippen molar-refractivity contribution in [2.75, 3.05) is 14.1 Å². The summed E-state index contributed by atoms with van der Waals surface area (Å²) in [5.74, 6) is -2.48. The lowest BCUT2D eigenvalue weighted by Gasteiger charge is -2.05. The predicted molar refractivity (Wildman–Crippen MR) is 44.3 cm³/mol. The first kappa shape index (κ1) is 11.8. The number of carbonyl (C=O) groups excluding carboxylic acids is 2. The van der Waals surface area contributed by atoms with Crippen molar-refractivity contribution in [2.45, 2.75) is 0 Å². The Morgan fingerprint density at radius 3 is 2.43 bits per heavy atom. The predicted octanol–water partition coefficient (Wildman–Crippen LogP) is -0.251. The van der Waals surface area contributed by atoms with Gasteiger partial charge >= 0.3 is 11.9 Å². The molecule has 0 fully saturated rings. The maximum absolute atomic E-state index is 10.9. The largest absolute Gasteiger partial charge is 0.383 e. The first-order valence-electron chi connectivity index (χ1n) is 3.39. The van der Waals surface area contributed by atoms with Crippen LogP contribution in [0.25, 0.3) is 0 Å². The molecule has 0 aromatic heterocycles. The van der Waals surface area contributed by atoms with Gasteiger partial charge < -0.3 is 9.64 Å². The Morgan fingerprint density at radius 2 is 2.07 bits per heavy atom. The van der Waals surface area contributed by atoms with Crippen LogP contribution >= 0.6 is 0 Å². The molecule has 7 nitrogen and oxygen atoms in total. The molecule has 0 aliphatic carbocycles. The second kappa shape index (κ2) is 5.42. The van der Waals surface area contributed by atoms with E-state index < -0.39 is 17.4 Å². The molecule has 0 saturated carbocycles. The molecule has 0 spiro atoms. The third-order valence-electron chi connectivity index (χ3n) is 1.06. The lowest BCUT2D eigenvalue weighted by Crippen LogP contribution is -2.16. The summed E-state index contributed by atoms with van der Waals surface area (Å²) in [6.45, 7) is 0. The summed E-state index contributed by atoms with van der Waals surface area (Å²) in [7, 11) is 3.05. The van der Waals surface area contributed by atoms with E-state index >= 15 is 0 Å². The second-order valence-corrected chi connectivity index (χ2v) is 2.38. The molecule has 0 aliphatic rings. The third kappa shape index (κ3) is 3.44. The fourth-order valence-electron chi connectivity index (χ4n) is 0.599. The quantitative estimate of drug-likeness (QED) is 0.154. The van der Waals surface area contributed by atoms with Crippen molar-refractivity contribution in [1.29, 1.82) is 5.26 Å². The van der Waals surface area contributed by atoms with Gasteiger partial charge in [-0.1, -0.05) is 0 Å². The Balaban J connectivity index is 4.93. The molecule has 0 aromatic carbocycles. The molecule has 0 rings (SSSR count). The minimum Gasteiger partial charge on any atom is -0.383 e. The van der Waals surface area contributed by atoms with E-state index in [1.165, 1.54) is 19.0 Å². The van der Waals surface area contributed by atoms with Crippen molar-refractivity contribution in [3.8, 4) is 6.26 Å². The second-order valence-electron chi connectivity index (χ2n) is 2.38. The van der Waals surface area contributed by atoms with E-state index in [-0.39, 0.29) is 0 Å². The number of esters is 1. The first-order chi connectivity index (χ1) is 6.52. The molecule has 7 heteroatoms. The number of hydrogen-bond acceptors (Lipinski definition) is 6. The molecular weight excluding hydrogens is 190 g/mol. The van der Waals surface area contributed by atoms with E-state index in [9.17, 15) is 14.5 Å². The fraction of sp³-hybridized carbons (Fsp3) is 0.286. The van der Waals surface area contributed by atoms with Crippen LogP contribution in [0.1, 0.15) is 0 Å². The van der Waals surface area contributed by atoms with Gasteiger partial charge in [-0.05, 0) is 0 Å². The van der Waals surface area contributed by atoms with Crippen LogP contribution in [0.15, 0.2) is 16.9 Å². The molecule has 0 atom stereocenters. The number of hydrogen-bond donors (Lipinski definition) is 0. The van der Waals surface area contributed by atoms with Gasteiger partial charge in [0.2, 0.25) is 0 Å². The molecule has 0 unspecified atom stereocenters. The van der Waals surface area contributed by atoms with Crippen molar-refractivity contribution in [1.82, 2.24) is 4.90 Å². The zero-order valence-electron chi connectivity index (χ0n) is 7.55. The summed E-state index contributed by atoms with van der Waals surface area (Å²) in [5, 5.41) is 10.1. The van der Waals surface area contributed by atoms with E-state index in [1.54, 1.807) is 0 Å². The molecule has 14 heavy (non-hydrogen) atoms. The molecule has 0 radical (unpaired) electrons. The standard InChI is InChI=1S/C7H7N3O4/c1-10(2)3-5(6(11)9-13)7(12)14-4-8/h3H,1-2H3/b5-3+. The van der Waals surface area contributed by atoms with Crippen molar-refractivity contribution in [3.05, 3.63) is 16.7 Å². The first-order valence-corrected chi connectivity index (χ1v) is 3.39. The van der Waals surface area contributed by atoms with E-state index in [1.807, 2.05) is 0 Å². The van der Waals surface area contributed by atoms with Gasteiger partial charge in [0.15, 0.2) is 0 Å². The molecule has 0 N–H and O–H groups in total. The number of nitrogens with zero attached hydrogens (tertiary/aromatic N) is 3. The molecule has 0 aromatic rings. The minimum absolute atomic E-state index is 0.591. The summed E-state index contributed by atoms with van der Waals surface area (Å²) in [6.07, 6.45) is 2.14. The van der Waals surface area contributed by atoms with Gasteiger partial charge in [-0.2, -0.15) is 0 Å². The average Bonchev–Trinajstić information content (AvgIpc) is 2.13. The number of carbonyl (C=O) groups is 2. The Labute approximate surface area is 79.5 Å². The summed E-state index contributed by atoms with van der Waals surface area (Å²) in [4.78, 5) is 32.9. The van der Waals surface area contributed by atoms with Gasteiger partial charge in [0.1, 0.15) is 5.57 Å². The topological polar surface area (TPSA) is 99.8 Å². The van der Waals surface area contributed by atoms with Crippen molar-refractivity contribution < 1.29 is 14.3 Å². The molecular formula is C7H7N3O4. The lowest BCUT2D eigenvalue weighted by atomic mass is 10.3. The molecule has 0 saturated heterocycles. The van der Waals surface area contributed by atoms with Gasteiger partial charge in [-0.3, -0.25) is 4.79 Å². The van der Waals surface area contributed by atoms with Crippen LogP contribution in [0.2, 0.25) is 0 Å². The van der Waals surface area contributed by atoms with Crippen LogP contribution in [0.3, 0.4) is 0 Å². The van der Waals surface area contributed by atoms with Crippen LogP contribution in [0, 0.1) is 16.4 Å². The van der Waals surface area contributed by atoms with E-state index in [0.29, 0.717) is 0 Å². The maximum Gasteiger partial charge on any atom is 0.360 e. The van der Waals surface area contributed by atoms with Gasteiger partial charge in [-0.25, -0.2) is 4.79 Å². The smallest absolute Gasteiger partial charge is 0.360 e. The highest BCUT2D eigenvalue weighted by atomic mass is 16.5. The monoisotopic (exact) mass is 197 g/mol. The third-order valence-corrected chi connectivity index (χ3v) is 1.06. The highest BCUT2D eigenvalue weighted by Crippen LogP contribution is 2.01. The summed E-state index contributed by atoms with van der Waals surface area (Å²) >= 11 is 0. The number of amides is 1. The Morgan fingerprint density at radius 1 is 1.50 bits per heavy atom. The van der Waals surface area contributed by atoms with Crippen LogP contribution in [-0.4, -0.2) is 30.9 Å². The lowest BCUT2D eigenvalue weighted by molar-refractivity contribution is -0.134. The van der Waals surface area contributed by atoms with Gasteiger partial charge in [0.05, 0.1) is 0 Å². The van der Waals surface area contributed by atoms with Crippen LogP contribution in [-0.2, 0) is 14.3 Å². The van der Waals surface area contributed by atoms with E-state index in [4.69, 9.17) is 5.26 Å². The minimum atomic E-state index is -1.28. The van der Waals surface area contributed by atoms with Crippen LogP contribution in [0.4, 0.5) is 0 Å². The summed E-state index contributed by atoms with van der Waals surface area (Å²) in [6, 6.07) is 0. The van der Waals surface area contributed by atoms with Crippen LogP contribution in [0.5, 0.6) is 0 Å². The highest BCUT2D eigenvalue weighted by Gasteiger charge is 2.21. The average molecular weight is 197 g/mol. The molecule has 0 heterocycles. The van der Waals surface area contributed by atoms with Gasteiger partial charge in [0.25, 0.3) is 6.26 Å². The zero-order chi connectivity index (χ0) is 11.1. The number of nitriles is 1. The number of rotatable bonds is 3. The molecule has 0 aliphatic heterocycles. The fourth-order valence-corrected chi connectivity index (χ4v) is 0.599. The van der Waals surface area contributed by atoms with Gasteiger partial charge in [0, 0.05) is 25.5 Å². The Bertz CT molecular complexity index is 326. The molecule has 74 valence electrons. The van der Waals surface area contributed by atoms with Gasteiger partial charge in [-0.15, -0.1) is 10.2 Å². The Hall–Kier alpha value is -2.23. The highest BCUT2D eigenvalue weighted by molar-refractivity contribution is 6.16. The summed E-state index contributed by atoms with van der Waals surface area (Å²) < 4.78 is 3.88. The molecule has 1 amide bonds. The number of nitroso groups, excluding NO2 is 1. The SMILES string of the molecule is CN(C)/C=C(\C(=O)N=O)C(=O)OC#N. The maximum atomic E-state index is 10.9.